The molecule has 2 rings (SSSR count). The summed E-state index contributed by atoms with van der Waals surface area (Å²) in [7, 11) is 1.38. The second kappa shape index (κ2) is 6.48. The van der Waals surface area contributed by atoms with Crippen LogP contribution in [0.5, 0.6) is 5.75 Å². The summed E-state index contributed by atoms with van der Waals surface area (Å²) in [6.45, 7) is 4.71. The Bertz CT molecular complexity index is 650. The smallest absolute Gasteiger partial charge is 0.341 e. The average molecular weight is 351 g/mol. The first-order chi connectivity index (χ1) is 9.96. The normalized spacial score (nSPS) is 11.4. The molecule has 0 amide bonds. The Kier molecular flexibility index (Phi) is 4.88. The van der Waals surface area contributed by atoms with E-state index >= 15 is 0 Å². The van der Waals surface area contributed by atoms with Crippen LogP contribution >= 0.6 is 15.9 Å². The van der Waals surface area contributed by atoms with Crippen LogP contribution in [0.1, 0.15) is 24.2 Å². The Hall–Kier alpha value is -1.55. The molecule has 0 radical (unpaired) electrons. The van der Waals surface area contributed by atoms with Crippen molar-refractivity contribution in [2.24, 2.45) is 5.41 Å². The summed E-state index contributed by atoms with van der Waals surface area (Å²) in [6.07, 6.45) is 0. The molecule has 112 valence electrons. The lowest BCUT2D eigenvalue weighted by Crippen LogP contribution is -2.23. The molecule has 0 N–H and O–H groups in total. The van der Waals surface area contributed by atoms with Crippen molar-refractivity contribution in [3.05, 3.63) is 42.0 Å². The van der Waals surface area contributed by atoms with Gasteiger partial charge >= 0.3 is 5.97 Å². The molecule has 2 aromatic rings. The van der Waals surface area contributed by atoms with Crippen LogP contribution in [0.25, 0.3) is 10.8 Å². The molecule has 0 heterocycles. The SMILES string of the molecule is COC(=O)c1cc2ccccc2cc1OCC(C)(C)CBr. The Morgan fingerprint density at radius 2 is 1.81 bits per heavy atom. The highest BCUT2D eigenvalue weighted by atomic mass is 79.9. The second-order valence-corrected chi connectivity index (χ2v) is 6.33. The predicted octanol–water partition coefficient (Wildman–Crippen LogP) is 4.43. The molecule has 0 spiro atoms. The summed E-state index contributed by atoms with van der Waals surface area (Å²) in [5.74, 6) is 0.182. The maximum absolute atomic E-state index is 12.0. The molecule has 0 fully saturated rings. The van der Waals surface area contributed by atoms with E-state index in [-0.39, 0.29) is 11.4 Å². The lowest BCUT2D eigenvalue weighted by Gasteiger charge is -2.22. The van der Waals surface area contributed by atoms with Gasteiger partial charge in [0.15, 0.2) is 0 Å². The molecule has 0 saturated heterocycles. The quantitative estimate of drug-likeness (QED) is 0.591. The number of halogens is 1. The Balaban J connectivity index is 2.41. The molecule has 3 nitrogen and oxygen atoms in total. The summed E-state index contributed by atoms with van der Waals surface area (Å²) in [5, 5.41) is 2.85. The van der Waals surface area contributed by atoms with Crippen LogP contribution in [0.15, 0.2) is 36.4 Å². The second-order valence-electron chi connectivity index (χ2n) is 5.77. The molecular formula is C17H19BrO3. The maximum atomic E-state index is 12.0. The number of alkyl halides is 1. The number of benzene rings is 2. The van der Waals surface area contributed by atoms with Gasteiger partial charge in [-0.3, -0.25) is 0 Å². The fourth-order valence-corrected chi connectivity index (χ4v) is 2.08. The largest absolute Gasteiger partial charge is 0.492 e. The van der Waals surface area contributed by atoms with E-state index in [2.05, 4.69) is 29.8 Å². The number of esters is 1. The fraction of sp³-hybridized carbons (Fsp3) is 0.353. The van der Waals surface area contributed by atoms with Gasteiger partial charge in [-0.05, 0) is 22.9 Å². The molecule has 0 atom stereocenters. The van der Waals surface area contributed by atoms with Gasteiger partial charge in [0.2, 0.25) is 0 Å². The van der Waals surface area contributed by atoms with Gasteiger partial charge in [-0.25, -0.2) is 4.79 Å². The minimum absolute atomic E-state index is 0.0148. The lowest BCUT2D eigenvalue weighted by molar-refractivity contribution is 0.0594. The number of hydrogen-bond donors (Lipinski definition) is 0. The fourth-order valence-electron chi connectivity index (χ4n) is 1.92. The number of hydrogen-bond acceptors (Lipinski definition) is 3. The van der Waals surface area contributed by atoms with E-state index in [9.17, 15) is 4.79 Å². The van der Waals surface area contributed by atoms with Gasteiger partial charge in [0.25, 0.3) is 0 Å². The molecule has 0 bridgehead atoms. The minimum atomic E-state index is -0.382. The molecule has 21 heavy (non-hydrogen) atoms. The molecule has 0 saturated carbocycles. The van der Waals surface area contributed by atoms with Gasteiger partial charge in [-0.1, -0.05) is 54.0 Å². The average Bonchev–Trinajstić information content (AvgIpc) is 2.51. The van der Waals surface area contributed by atoms with Crippen LogP contribution < -0.4 is 4.74 Å². The van der Waals surface area contributed by atoms with Gasteiger partial charge in [0.1, 0.15) is 11.3 Å². The Labute approximate surface area is 133 Å². The van der Waals surface area contributed by atoms with Crippen molar-refractivity contribution in [3.63, 3.8) is 0 Å². The number of rotatable bonds is 5. The van der Waals surface area contributed by atoms with Gasteiger partial charge in [0.05, 0.1) is 13.7 Å². The summed E-state index contributed by atoms with van der Waals surface area (Å²) in [5.41, 5.74) is 0.445. The summed E-state index contributed by atoms with van der Waals surface area (Å²) >= 11 is 3.47. The molecule has 0 aromatic heterocycles. The van der Waals surface area contributed by atoms with Crippen LogP contribution in [-0.2, 0) is 4.74 Å². The van der Waals surface area contributed by atoms with Gasteiger partial charge < -0.3 is 9.47 Å². The van der Waals surface area contributed by atoms with Crippen LogP contribution in [0.2, 0.25) is 0 Å². The third kappa shape index (κ3) is 3.76. The van der Waals surface area contributed by atoms with E-state index in [4.69, 9.17) is 9.47 Å². The Morgan fingerprint density at radius 3 is 2.38 bits per heavy atom. The van der Waals surface area contributed by atoms with E-state index in [0.717, 1.165) is 16.1 Å². The van der Waals surface area contributed by atoms with E-state index in [1.54, 1.807) is 0 Å². The minimum Gasteiger partial charge on any atom is -0.492 e. The molecule has 0 unspecified atom stereocenters. The topological polar surface area (TPSA) is 35.5 Å². The summed E-state index contributed by atoms with van der Waals surface area (Å²) in [6, 6.07) is 11.6. The van der Waals surface area contributed by atoms with Gasteiger partial charge in [-0.2, -0.15) is 0 Å². The van der Waals surface area contributed by atoms with Crippen molar-refractivity contribution in [1.29, 1.82) is 0 Å². The number of fused-ring (bicyclic) bond motifs is 1. The van der Waals surface area contributed by atoms with E-state index < -0.39 is 0 Å². The highest BCUT2D eigenvalue weighted by Crippen LogP contribution is 2.29. The standard InChI is InChI=1S/C17H19BrO3/c1-17(2,10-18)11-21-15-9-13-7-5-4-6-12(13)8-14(15)16(19)20-3/h4-9H,10-11H2,1-3H3. The molecule has 4 heteroatoms. The van der Waals surface area contributed by atoms with Gasteiger partial charge in [0, 0.05) is 10.7 Å². The molecule has 0 aliphatic carbocycles. The van der Waals surface area contributed by atoms with Crippen molar-refractivity contribution < 1.29 is 14.3 Å². The molecule has 0 aliphatic rings. The first-order valence-corrected chi connectivity index (χ1v) is 7.89. The number of ether oxygens (including phenoxy) is 2. The van der Waals surface area contributed by atoms with Crippen LogP contribution in [-0.4, -0.2) is 25.0 Å². The highest BCUT2D eigenvalue weighted by molar-refractivity contribution is 9.09. The van der Waals surface area contributed by atoms with Gasteiger partial charge in [-0.15, -0.1) is 0 Å². The first kappa shape index (κ1) is 15.8. The zero-order chi connectivity index (χ0) is 15.5. The number of carbonyl (C=O) groups is 1. The van der Waals surface area contributed by atoms with E-state index in [0.29, 0.717) is 17.9 Å². The number of carbonyl (C=O) groups excluding carboxylic acids is 1. The lowest BCUT2D eigenvalue weighted by atomic mass is 9.98. The number of methoxy groups -OCH3 is 1. The zero-order valence-corrected chi connectivity index (χ0v) is 14.1. The van der Waals surface area contributed by atoms with Crippen molar-refractivity contribution in [3.8, 4) is 5.75 Å². The van der Waals surface area contributed by atoms with Crippen LogP contribution in [0.4, 0.5) is 0 Å². The van der Waals surface area contributed by atoms with Crippen molar-refractivity contribution in [2.75, 3.05) is 19.0 Å². The molecule has 0 aliphatic heterocycles. The van der Waals surface area contributed by atoms with E-state index in [1.165, 1.54) is 7.11 Å². The predicted molar refractivity (Wildman–Crippen MR) is 88.4 cm³/mol. The summed E-state index contributed by atoms with van der Waals surface area (Å²) in [4.78, 5) is 12.0. The third-order valence-corrected chi connectivity index (χ3v) is 4.75. The molecular weight excluding hydrogens is 332 g/mol. The van der Waals surface area contributed by atoms with Crippen molar-refractivity contribution >= 4 is 32.7 Å². The summed E-state index contributed by atoms with van der Waals surface area (Å²) < 4.78 is 10.7. The van der Waals surface area contributed by atoms with E-state index in [1.807, 2.05) is 36.4 Å². The van der Waals surface area contributed by atoms with Crippen LogP contribution in [0.3, 0.4) is 0 Å². The first-order valence-electron chi connectivity index (χ1n) is 6.77. The van der Waals surface area contributed by atoms with Crippen molar-refractivity contribution in [2.45, 2.75) is 13.8 Å². The zero-order valence-electron chi connectivity index (χ0n) is 12.5. The molecule has 2 aromatic carbocycles. The Morgan fingerprint density at radius 1 is 1.19 bits per heavy atom. The maximum Gasteiger partial charge on any atom is 0.341 e. The van der Waals surface area contributed by atoms with Crippen molar-refractivity contribution in [1.82, 2.24) is 0 Å². The monoisotopic (exact) mass is 350 g/mol. The highest BCUT2D eigenvalue weighted by Gasteiger charge is 2.20. The van der Waals surface area contributed by atoms with Crippen LogP contribution in [0, 0.1) is 5.41 Å². The third-order valence-electron chi connectivity index (χ3n) is 3.23.